The van der Waals surface area contributed by atoms with Gasteiger partial charge in [0.15, 0.2) is 5.82 Å². The molecule has 1 aromatic heterocycles. The Morgan fingerprint density at radius 2 is 1.62 bits per heavy atom. The Morgan fingerprint density at radius 1 is 1.03 bits per heavy atom. The van der Waals surface area contributed by atoms with Crippen molar-refractivity contribution >= 4 is 11.7 Å². The molecule has 29 heavy (non-hydrogen) atoms. The van der Waals surface area contributed by atoms with Crippen LogP contribution in [0.4, 0.5) is 19.0 Å². The molecule has 2 N–H and O–H groups in total. The molecule has 0 saturated carbocycles. The third-order valence-electron chi connectivity index (χ3n) is 4.65. The van der Waals surface area contributed by atoms with Crippen LogP contribution in [0.5, 0.6) is 0 Å². The maximum absolute atomic E-state index is 12.8. The van der Waals surface area contributed by atoms with Crippen LogP contribution in [0, 0.1) is 19.3 Å². The van der Waals surface area contributed by atoms with Crippen LogP contribution in [0.1, 0.15) is 43.5 Å². The van der Waals surface area contributed by atoms with E-state index < -0.39 is 11.7 Å². The molecule has 0 spiro atoms. The van der Waals surface area contributed by atoms with Gasteiger partial charge in [0.1, 0.15) is 11.7 Å². The zero-order valence-electron chi connectivity index (χ0n) is 17.3. The van der Waals surface area contributed by atoms with E-state index in [9.17, 15) is 13.2 Å². The van der Waals surface area contributed by atoms with Crippen molar-refractivity contribution in [2.45, 2.75) is 46.7 Å². The molecule has 0 saturated heterocycles. The van der Waals surface area contributed by atoms with E-state index in [1.807, 2.05) is 18.7 Å². The standard InChI is InChI=1S/C21H28F3N5/c1-5-11-29(12-6-2)18(25)13-26-19-14(3)15(4)27-20(28-19)16-7-9-17(10-8-16)21(22,23)24/h7-10,25H,5-6,11-13H2,1-4H3,(H,26,27,28). The first kappa shape index (κ1) is 22.6. The maximum Gasteiger partial charge on any atom is 0.416 e. The molecule has 158 valence electrons. The minimum absolute atomic E-state index is 0.323. The van der Waals surface area contributed by atoms with Crippen molar-refractivity contribution in [2.75, 3.05) is 25.0 Å². The number of halogens is 3. The van der Waals surface area contributed by atoms with E-state index in [4.69, 9.17) is 5.41 Å². The van der Waals surface area contributed by atoms with Crippen molar-refractivity contribution in [3.63, 3.8) is 0 Å². The van der Waals surface area contributed by atoms with E-state index in [1.165, 1.54) is 12.1 Å². The normalized spacial score (nSPS) is 11.4. The highest BCUT2D eigenvalue weighted by atomic mass is 19.4. The van der Waals surface area contributed by atoms with E-state index in [-0.39, 0.29) is 0 Å². The van der Waals surface area contributed by atoms with Gasteiger partial charge < -0.3 is 10.2 Å². The summed E-state index contributed by atoms with van der Waals surface area (Å²) in [7, 11) is 0. The van der Waals surface area contributed by atoms with Gasteiger partial charge in [0, 0.05) is 29.9 Å². The van der Waals surface area contributed by atoms with Crippen molar-refractivity contribution in [3.05, 3.63) is 41.1 Å². The second-order valence-corrected chi connectivity index (χ2v) is 6.97. The number of alkyl halides is 3. The maximum atomic E-state index is 12.8. The molecule has 0 aliphatic carbocycles. The van der Waals surface area contributed by atoms with Crippen LogP contribution < -0.4 is 5.32 Å². The predicted molar refractivity (Wildman–Crippen MR) is 110 cm³/mol. The third-order valence-corrected chi connectivity index (χ3v) is 4.65. The number of rotatable bonds is 8. The van der Waals surface area contributed by atoms with Crippen molar-refractivity contribution in [2.24, 2.45) is 0 Å². The Bertz CT molecular complexity index is 825. The Morgan fingerprint density at radius 3 is 2.14 bits per heavy atom. The van der Waals surface area contributed by atoms with Gasteiger partial charge in [-0.1, -0.05) is 26.0 Å². The summed E-state index contributed by atoms with van der Waals surface area (Å²) in [6, 6.07) is 4.82. The number of nitrogens with zero attached hydrogens (tertiary/aromatic N) is 3. The summed E-state index contributed by atoms with van der Waals surface area (Å²) >= 11 is 0. The first-order valence-corrected chi connectivity index (χ1v) is 9.76. The van der Waals surface area contributed by atoms with Gasteiger partial charge in [0.05, 0.1) is 12.1 Å². The average Bonchev–Trinajstić information content (AvgIpc) is 2.68. The number of aryl methyl sites for hydroxylation is 1. The van der Waals surface area contributed by atoms with Gasteiger partial charge in [-0.05, 0) is 38.8 Å². The smallest absolute Gasteiger partial charge is 0.363 e. The molecule has 8 heteroatoms. The highest BCUT2D eigenvalue weighted by Crippen LogP contribution is 2.30. The minimum atomic E-state index is -4.38. The number of amidine groups is 1. The molecule has 1 heterocycles. The summed E-state index contributed by atoms with van der Waals surface area (Å²) in [6.45, 7) is 9.86. The van der Waals surface area contributed by atoms with Crippen LogP contribution >= 0.6 is 0 Å². The van der Waals surface area contributed by atoms with Gasteiger partial charge >= 0.3 is 6.18 Å². The number of hydrogen-bond donors (Lipinski definition) is 2. The van der Waals surface area contributed by atoms with Crippen LogP contribution in [0.2, 0.25) is 0 Å². The highest BCUT2D eigenvalue weighted by Gasteiger charge is 2.30. The lowest BCUT2D eigenvalue weighted by molar-refractivity contribution is -0.137. The van der Waals surface area contributed by atoms with Crippen molar-refractivity contribution < 1.29 is 13.2 Å². The molecule has 0 unspecified atom stereocenters. The van der Waals surface area contributed by atoms with Crippen LogP contribution in [0.25, 0.3) is 11.4 Å². The molecule has 2 rings (SSSR count). The third kappa shape index (κ3) is 5.92. The predicted octanol–water partition coefficient (Wildman–Crippen LogP) is 5.29. The first-order valence-electron chi connectivity index (χ1n) is 9.76. The molecule has 0 fully saturated rings. The van der Waals surface area contributed by atoms with Gasteiger partial charge in [-0.15, -0.1) is 0 Å². The van der Waals surface area contributed by atoms with Crippen molar-refractivity contribution in [1.82, 2.24) is 14.9 Å². The second-order valence-electron chi connectivity index (χ2n) is 6.97. The molecule has 2 aromatic rings. The fraction of sp³-hybridized carbons (Fsp3) is 0.476. The molecule has 1 aromatic carbocycles. The van der Waals surface area contributed by atoms with Gasteiger partial charge in [0.25, 0.3) is 0 Å². The van der Waals surface area contributed by atoms with Crippen LogP contribution in [-0.2, 0) is 6.18 Å². The Balaban J connectivity index is 2.22. The topological polar surface area (TPSA) is 64.9 Å². The fourth-order valence-corrected chi connectivity index (χ4v) is 2.94. The lowest BCUT2D eigenvalue weighted by Gasteiger charge is -2.24. The summed E-state index contributed by atoms with van der Waals surface area (Å²) in [4.78, 5) is 11.0. The SMILES string of the molecule is CCCN(CCC)C(=N)CNc1nc(-c2ccc(C(F)(F)F)cc2)nc(C)c1C. The average molecular weight is 407 g/mol. The summed E-state index contributed by atoms with van der Waals surface area (Å²) in [5.41, 5.74) is 1.40. The molecular formula is C21H28F3N5. The minimum Gasteiger partial charge on any atom is -0.363 e. The van der Waals surface area contributed by atoms with Gasteiger partial charge in [-0.2, -0.15) is 13.2 Å². The summed E-state index contributed by atoms with van der Waals surface area (Å²) in [5.74, 6) is 1.43. The largest absolute Gasteiger partial charge is 0.416 e. The molecule has 0 aliphatic rings. The van der Waals surface area contributed by atoms with E-state index in [0.717, 1.165) is 49.3 Å². The Labute approximate surface area is 169 Å². The number of aromatic nitrogens is 2. The summed E-state index contributed by atoms with van der Waals surface area (Å²) in [5, 5.41) is 11.5. The number of anilines is 1. The molecule has 0 amide bonds. The lowest BCUT2D eigenvalue weighted by Crippen LogP contribution is -2.36. The van der Waals surface area contributed by atoms with Crippen LogP contribution in [0.3, 0.4) is 0 Å². The number of hydrogen-bond acceptors (Lipinski definition) is 4. The summed E-state index contributed by atoms with van der Waals surface area (Å²) < 4.78 is 38.4. The van der Waals surface area contributed by atoms with Crippen molar-refractivity contribution in [1.29, 1.82) is 5.41 Å². The molecule has 0 radical (unpaired) electrons. The lowest BCUT2D eigenvalue weighted by atomic mass is 10.1. The van der Waals surface area contributed by atoms with E-state index in [0.29, 0.717) is 29.6 Å². The van der Waals surface area contributed by atoms with E-state index in [2.05, 4.69) is 29.1 Å². The Kier molecular flexibility index (Phi) is 7.59. The van der Waals surface area contributed by atoms with Crippen molar-refractivity contribution in [3.8, 4) is 11.4 Å². The van der Waals surface area contributed by atoms with Gasteiger partial charge in [-0.25, -0.2) is 9.97 Å². The molecular weight excluding hydrogens is 379 g/mol. The Hall–Kier alpha value is -2.64. The first-order chi connectivity index (χ1) is 13.7. The van der Waals surface area contributed by atoms with Crippen LogP contribution in [0.15, 0.2) is 24.3 Å². The van der Waals surface area contributed by atoms with Crippen LogP contribution in [-0.4, -0.2) is 40.3 Å². The number of nitrogens with one attached hydrogen (secondary N) is 2. The van der Waals surface area contributed by atoms with E-state index in [1.54, 1.807) is 0 Å². The van der Waals surface area contributed by atoms with E-state index >= 15 is 0 Å². The molecule has 5 nitrogen and oxygen atoms in total. The number of benzene rings is 1. The molecule has 0 bridgehead atoms. The molecule has 0 aliphatic heterocycles. The second kappa shape index (κ2) is 9.71. The fourth-order valence-electron chi connectivity index (χ4n) is 2.94. The van der Waals surface area contributed by atoms with Gasteiger partial charge in [0.2, 0.25) is 0 Å². The highest BCUT2D eigenvalue weighted by molar-refractivity contribution is 5.83. The quantitative estimate of drug-likeness (QED) is 0.461. The molecule has 0 atom stereocenters. The monoisotopic (exact) mass is 407 g/mol. The zero-order chi connectivity index (χ0) is 21.6. The zero-order valence-corrected chi connectivity index (χ0v) is 17.3. The summed E-state index contributed by atoms with van der Waals surface area (Å²) in [6.07, 6.45) is -2.45. The van der Waals surface area contributed by atoms with Gasteiger partial charge in [-0.3, -0.25) is 5.41 Å².